The number of aromatic nitrogens is 3. The van der Waals surface area contributed by atoms with Crippen LogP contribution in [0.2, 0.25) is 0 Å². The third kappa shape index (κ3) is 2.82. The van der Waals surface area contributed by atoms with Gasteiger partial charge in [0.05, 0.1) is 12.8 Å². The van der Waals surface area contributed by atoms with Crippen LogP contribution < -0.4 is 4.74 Å². The van der Waals surface area contributed by atoms with E-state index in [-0.39, 0.29) is 0 Å². The molecule has 2 heterocycles. The summed E-state index contributed by atoms with van der Waals surface area (Å²) in [6.07, 6.45) is 0. The molecule has 3 rings (SSSR count). The van der Waals surface area contributed by atoms with Gasteiger partial charge in [-0.3, -0.25) is 0 Å². The van der Waals surface area contributed by atoms with Crippen LogP contribution in [0, 0.1) is 6.92 Å². The molecule has 0 spiro atoms. The van der Waals surface area contributed by atoms with Gasteiger partial charge in [-0.05, 0) is 19.1 Å². The van der Waals surface area contributed by atoms with Gasteiger partial charge in [-0.2, -0.15) is 0 Å². The Morgan fingerprint density at radius 3 is 2.57 bits per heavy atom. The maximum Gasteiger partial charge on any atom is 0.233 e. The molecule has 0 aliphatic heterocycles. The first-order valence-electron chi connectivity index (χ1n) is 6.29. The summed E-state index contributed by atoms with van der Waals surface area (Å²) in [7, 11) is 1.57. The van der Waals surface area contributed by atoms with E-state index in [1.54, 1.807) is 24.5 Å². The van der Waals surface area contributed by atoms with Gasteiger partial charge in [0.1, 0.15) is 10.7 Å². The van der Waals surface area contributed by atoms with E-state index < -0.39 is 0 Å². The van der Waals surface area contributed by atoms with E-state index in [2.05, 4.69) is 39.1 Å². The van der Waals surface area contributed by atoms with E-state index >= 15 is 0 Å². The zero-order valence-corrected chi connectivity index (χ0v) is 13.9. The molecule has 0 aliphatic rings. The summed E-state index contributed by atoms with van der Waals surface area (Å²) in [4.78, 5) is 5.86. The van der Waals surface area contributed by atoms with Gasteiger partial charge in [-0.15, -0.1) is 21.5 Å². The number of thiazole rings is 1. The van der Waals surface area contributed by atoms with E-state index in [0.717, 1.165) is 31.3 Å². The molecule has 0 saturated heterocycles. The highest BCUT2D eigenvalue weighted by molar-refractivity contribution is 9.10. The molecule has 3 aromatic rings. The van der Waals surface area contributed by atoms with Crippen molar-refractivity contribution in [2.45, 2.75) is 6.92 Å². The standard InChI is InChI=1S/C15H12BrN3OS/c1-9-14(10-5-3-4-6-11(10)16)17-15(21-9)12-7-8-13(20-2)19-18-12/h3-8H,1-2H3. The largest absolute Gasteiger partial charge is 0.480 e. The summed E-state index contributed by atoms with van der Waals surface area (Å²) in [6, 6.07) is 11.7. The molecule has 1 aromatic carbocycles. The Hall–Kier alpha value is -1.79. The molecule has 0 fully saturated rings. The topological polar surface area (TPSA) is 47.9 Å². The van der Waals surface area contributed by atoms with Crippen molar-refractivity contribution in [3.63, 3.8) is 0 Å². The number of aryl methyl sites for hydroxylation is 1. The van der Waals surface area contributed by atoms with Crippen molar-refractivity contribution in [3.8, 4) is 27.8 Å². The summed E-state index contributed by atoms with van der Waals surface area (Å²) in [5, 5.41) is 8.99. The molecule has 21 heavy (non-hydrogen) atoms. The second-order valence-electron chi connectivity index (χ2n) is 4.36. The van der Waals surface area contributed by atoms with Crippen LogP contribution in [0.3, 0.4) is 0 Å². The van der Waals surface area contributed by atoms with Gasteiger partial charge in [0, 0.05) is 21.0 Å². The minimum Gasteiger partial charge on any atom is -0.480 e. The molecule has 0 N–H and O–H groups in total. The van der Waals surface area contributed by atoms with Crippen LogP contribution in [0.1, 0.15) is 4.88 Å². The van der Waals surface area contributed by atoms with Crippen molar-refractivity contribution in [3.05, 3.63) is 45.7 Å². The average molecular weight is 362 g/mol. The summed E-state index contributed by atoms with van der Waals surface area (Å²) >= 11 is 5.18. The maximum absolute atomic E-state index is 5.02. The second-order valence-corrected chi connectivity index (χ2v) is 6.42. The summed E-state index contributed by atoms with van der Waals surface area (Å²) in [5.41, 5.74) is 2.81. The quantitative estimate of drug-likeness (QED) is 0.695. The first-order valence-corrected chi connectivity index (χ1v) is 7.90. The number of nitrogens with zero attached hydrogens (tertiary/aromatic N) is 3. The fourth-order valence-electron chi connectivity index (χ4n) is 1.95. The molecule has 106 valence electrons. The van der Waals surface area contributed by atoms with Crippen molar-refractivity contribution in [1.82, 2.24) is 15.2 Å². The molecule has 0 unspecified atom stereocenters. The highest BCUT2D eigenvalue weighted by Crippen LogP contribution is 2.35. The van der Waals surface area contributed by atoms with Crippen molar-refractivity contribution >= 4 is 27.3 Å². The number of halogens is 1. The van der Waals surface area contributed by atoms with Gasteiger partial charge in [0.2, 0.25) is 5.88 Å². The minimum atomic E-state index is 0.498. The molecule has 4 nitrogen and oxygen atoms in total. The first-order chi connectivity index (χ1) is 10.2. The molecular formula is C15H12BrN3OS. The summed E-state index contributed by atoms with van der Waals surface area (Å²) in [5.74, 6) is 0.498. The van der Waals surface area contributed by atoms with Crippen LogP contribution in [-0.2, 0) is 0 Å². The van der Waals surface area contributed by atoms with Crippen LogP contribution in [0.15, 0.2) is 40.9 Å². The first kappa shape index (κ1) is 14.2. The van der Waals surface area contributed by atoms with Gasteiger partial charge in [-0.25, -0.2) is 4.98 Å². The lowest BCUT2D eigenvalue weighted by Gasteiger charge is -2.01. The van der Waals surface area contributed by atoms with Gasteiger partial charge >= 0.3 is 0 Å². The minimum absolute atomic E-state index is 0.498. The van der Waals surface area contributed by atoms with Crippen LogP contribution in [0.25, 0.3) is 22.0 Å². The number of hydrogen-bond acceptors (Lipinski definition) is 5. The SMILES string of the molecule is COc1ccc(-c2nc(-c3ccccc3Br)c(C)s2)nn1. The molecule has 0 saturated carbocycles. The molecule has 6 heteroatoms. The van der Waals surface area contributed by atoms with Crippen LogP contribution in [-0.4, -0.2) is 22.3 Å². The summed E-state index contributed by atoms with van der Waals surface area (Å²) in [6.45, 7) is 2.06. The number of benzene rings is 1. The Bertz CT molecular complexity index is 771. The monoisotopic (exact) mass is 361 g/mol. The zero-order chi connectivity index (χ0) is 14.8. The number of hydrogen-bond donors (Lipinski definition) is 0. The Morgan fingerprint density at radius 2 is 1.90 bits per heavy atom. The molecular weight excluding hydrogens is 350 g/mol. The third-order valence-corrected chi connectivity index (χ3v) is 4.68. The Kier molecular flexibility index (Phi) is 3.98. The predicted molar refractivity (Wildman–Crippen MR) is 87.6 cm³/mol. The van der Waals surface area contributed by atoms with E-state index in [1.807, 2.05) is 24.3 Å². The highest BCUT2D eigenvalue weighted by Gasteiger charge is 2.14. The zero-order valence-electron chi connectivity index (χ0n) is 11.5. The molecule has 0 amide bonds. The Labute approximate surface area is 135 Å². The van der Waals surface area contributed by atoms with Crippen molar-refractivity contribution in [2.75, 3.05) is 7.11 Å². The second kappa shape index (κ2) is 5.91. The molecule has 0 aliphatic carbocycles. The Morgan fingerprint density at radius 1 is 1.10 bits per heavy atom. The molecule has 2 aromatic heterocycles. The lowest BCUT2D eigenvalue weighted by atomic mass is 10.1. The van der Waals surface area contributed by atoms with E-state index in [9.17, 15) is 0 Å². The highest BCUT2D eigenvalue weighted by atomic mass is 79.9. The number of methoxy groups -OCH3 is 1. The molecule has 0 bridgehead atoms. The number of rotatable bonds is 3. The third-order valence-electron chi connectivity index (χ3n) is 2.99. The molecule has 0 atom stereocenters. The van der Waals surface area contributed by atoms with Crippen LogP contribution in [0.5, 0.6) is 5.88 Å². The lowest BCUT2D eigenvalue weighted by Crippen LogP contribution is -1.91. The predicted octanol–water partition coefficient (Wildman–Crippen LogP) is 4.35. The lowest BCUT2D eigenvalue weighted by molar-refractivity contribution is 0.392. The van der Waals surface area contributed by atoms with Crippen molar-refractivity contribution in [2.24, 2.45) is 0 Å². The molecule has 0 radical (unpaired) electrons. The van der Waals surface area contributed by atoms with E-state index in [0.29, 0.717) is 5.88 Å². The van der Waals surface area contributed by atoms with Crippen LogP contribution >= 0.6 is 27.3 Å². The smallest absolute Gasteiger partial charge is 0.233 e. The number of ether oxygens (including phenoxy) is 1. The summed E-state index contributed by atoms with van der Waals surface area (Å²) < 4.78 is 6.06. The van der Waals surface area contributed by atoms with E-state index in [4.69, 9.17) is 9.72 Å². The van der Waals surface area contributed by atoms with Crippen molar-refractivity contribution < 1.29 is 4.74 Å². The van der Waals surface area contributed by atoms with Crippen LogP contribution in [0.4, 0.5) is 0 Å². The van der Waals surface area contributed by atoms with Gasteiger partial charge in [0.15, 0.2) is 0 Å². The van der Waals surface area contributed by atoms with Gasteiger partial charge in [0.25, 0.3) is 0 Å². The Balaban J connectivity index is 2.03. The maximum atomic E-state index is 5.02. The van der Waals surface area contributed by atoms with Gasteiger partial charge in [-0.1, -0.05) is 34.1 Å². The fraction of sp³-hybridized carbons (Fsp3) is 0.133. The normalized spacial score (nSPS) is 10.6. The average Bonchev–Trinajstić information content (AvgIpc) is 2.90. The van der Waals surface area contributed by atoms with Crippen molar-refractivity contribution in [1.29, 1.82) is 0 Å². The van der Waals surface area contributed by atoms with E-state index in [1.165, 1.54) is 0 Å². The fourth-order valence-corrected chi connectivity index (χ4v) is 3.32. The van der Waals surface area contributed by atoms with Gasteiger partial charge < -0.3 is 4.74 Å².